The third-order valence-corrected chi connectivity index (χ3v) is 4.08. The maximum Gasteiger partial charge on any atom is 0.237 e. The van der Waals surface area contributed by atoms with E-state index in [0.717, 1.165) is 24.5 Å². The van der Waals surface area contributed by atoms with Crippen molar-refractivity contribution in [2.45, 2.75) is 43.9 Å². The summed E-state index contributed by atoms with van der Waals surface area (Å²) >= 11 is 1.71. The van der Waals surface area contributed by atoms with Gasteiger partial charge in [-0.05, 0) is 31.2 Å². The molecule has 4 nitrogen and oxygen atoms in total. The van der Waals surface area contributed by atoms with E-state index in [0.29, 0.717) is 11.9 Å². The lowest BCUT2D eigenvalue weighted by atomic mass is 10.1. The summed E-state index contributed by atoms with van der Waals surface area (Å²) in [5.41, 5.74) is 1.31. The standard InChI is InChI=1S/C15H21N3OS/c1-4-14-17-15(19-18-14)10-20-13-8-6-12(7-9-13)11(3)16-5-2/h6-9,11,16H,4-5,10H2,1-3H3. The Labute approximate surface area is 124 Å². The Kier molecular flexibility index (Phi) is 5.61. The molecular formula is C15H21N3OS. The molecule has 5 heteroatoms. The molecule has 0 bridgehead atoms. The van der Waals surface area contributed by atoms with Crippen molar-refractivity contribution in [3.63, 3.8) is 0 Å². The summed E-state index contributed by atoms with van der Waals surface area (Å²) in [7, 11) is 0. The summed E-state index contributed by atoms with van der Waals surface area (Å²) in [5.74, 6) is 2.18. The van der Waals surface area contributed by atoms with Crippen molar-refractivity contribution in [1.29, 1.82) is 0 Å². The Hall–Kier alpha value is -1.33. The third kappa shape index (κ3) is 4.08. The number of nitrogens with zero attached hydrogens (tertiary/aromatic N) is 2. The average Bonchev–Trinajstić information content (AvgIpc) is 2.94. The highest BCUT2D eigenvalue weighted by Gasteiger charge is 2.06. The topological polar surface area (TPSA) is 51.0 Å². The largest absolute Gasteiger partial charge is 0.338 e. The van der Waals surface area contributed by atoms with Crippen LogP contribution in [0, 0.1) is 0 Å². The lowest BCUT2D eigenvalue weighted by Crippen LogP contribution is -2.17. The van der Waals surface area contributed by atoms with Crippen LogP contribution in [0.5, 0.6) is 0 Å². The SMILES string of the molecule is CCNC(C)c1ccc(SCc2nc(CC)no2)cc1. The van der Waals surface area contributed by atoms with Crippen LogP contribution in [0.2, 0.25) is 0 Å². The van der Waals surface area contributed by atoms with E-state index in [4.69, 9.17) is 4.52 Å². The molecule has 108 valence electrons. The summed E-state index contributed by atoms with van der Waals surface area (Å²) in [6, 6.07) is 9.01. The van der Waals surface area contributed by atoms with Gasteiger partial charge in [-0.25, -0.2) is 0 Å². The predicted molar refractivity (Wildman–Crippen MR) is 81.8 cm³/mol. The summed E-state index contributed by atoms with van der Waals surface area (Å²) in [5, 5.41) is 7.31. The smallest absolute Gasteiger partial charge is 0.237 e. The number of nitrogens with one attached hydrogen (secondary N) is 1. The van der Waals surface area contributed by atoms with Crippen LogP contribution < -0.4 is 5.32 Å². The predicted octanol–water partition coefficient (Wildman–Crippen LogP) is 3.59. The molecule has 0 fully saturated rings. The maximum absolute atomic E-state index is 5.18. The van der Waals surface area contributed by atoms with Crippen LogP contribution in [0.25, 0.3) is 0 Å². The molecule has 1 N–H and O–H groups in total. The summed E-state index contributed by atoms with van der Waals surface area (Å²) < 4.78 is 5.18. The molecule has 2 aromatic rings. The first-order valence-electron chi connectivity index (χ1n) is 7.00. The first kappa shape index (κ1) is 15.1. The van der Waals surface area contributed by atoms with Crippen molar-refractivity contribution in [1.82, 2.24) is 15.5 Å². The Morgan fingerprint density at radius 1 is 1.25 bits per heavy atom. The molecule has 1 atom stereocenters. The highest BCUT2D eigenvalue weighted by molar-refractivity contribution is 7.98. The molecule has 0 saturated carbocycles. The molecule has 0 aliphatic rings. The lowest BCUT2D eigenvalue weighted by molar-refractivity contribution is 0.385. The van der Waals surface area contributed by atoms with Crippen molar-refractivity contribution in [3.05, 3.63) is 41.5 Å². The fraction of sp³-hybridized carbons (Fsp3) is 0.467. The normalized spacial score (nSPS) is 12.6. The number of hydrogen-bond donors (Lipinski definition) is 1. The van der Waals surface area contributed by atoms with Gasteiger partial charge in [-0.15, -0.1) is 11.8 Å². The Morgan fingerprint density at radius 2 is 2.00 bits per heavy atom. The molecule has 1 heterocycles. The number of aromatic nitrogens is 2. The van der Waals surface area contributed by atoms with Crippen LogP contribution in [0.4, 0.5) is 0 Å². The van der Waals surface area contributed by atoms with Gasteiger partial charge < -0.3 is 9.84 Å². The van der Waals surface area contributed by atoms with E-state index in [1.165, 1.54) is 10.5 Å². The summed E-state index contributed by atoms with van der Waals surface area (Å²) in [6.45, 7) is 7.30. The highest BCUT2D eigenvalue weighted by atomic mass is 32.2. The van der Waals surface area contributed by atoms with E-state index in [9.17, 15) is 0 Å². The zero-order chi connectivity index (χ0) is 14.4. The van der Waals surface area contributed by atoms with E-state index in [1.54, 1.807) is 11.8 Å². The van der Waals surface area contributed by atoms with E-state index in [1.807, 2.05) is 6.92 Å². The van der Waals surface area contributed by atoms with E-state index >= 15 is 0 Å². The van der Waals surface area contributed by atoms with Gasteiger partial charge >= 0.3 is 0 Å². The van der Waals surface area contributed by atoms with Crippen LogP contribution in [0.15, 0.2) is 33.7 Å². The number of benzene rings is 1. The Balaban J connectivity index is 1.90. The van der Waals surface area contributed by atoms with Crippen LogP contribution in [-0.4, -0.2) is 16.7 Å². The molecule has 0 spiro atoms. The molecule has 0 aliphatic carbocycles. The molecule has 0 aliphatic heterocycles. The minimum absolute atomic E-state index is 0.391. The highest BCUT2D eigenvalue weighted by Crippen LogP contribution is 2.24. The van der Waals surface area contributed by atoms with Gasteiger partial charge in [-0.1, -0.05) is 31.1 Å². The molecule has 2 rings (SSSR count). The minimum Gasteiger partial charge on any atom is -0.338 e. The van der Waals surface area contributed by atoms with Gasteiger partial charge in [0.05, 0.1) is 5.75 Å². The van der Waals surface area contributed by atoms with Crippen molar-refractivity contribution in [2.24, 2.45) is 0 Å². The van der Waals surface area contributed by atoms with Crippen molar-refractivity contribution >= 4 is 11.8 Å². The molecule has 0 amide bonds. The quantitative estimate of drug-likeness (QED) is 0.790. The number of rotatable bonds is 7. The fourth-order valence-electron chi connectivity index (χ4n) is 1.91. The van der Waals surface area contributed by atoms with Crippen molar-refractivity contribution in [2.75, 3.05) is 6.54 Å². The number of hydrogen-bond acceptors (Lipinski definition) is 5. The lowest BCUT2D eigenvalue weighted by Gasteiger charge is -2.12. The van der Waals surface area contributed by atoms with E-state index < -0.39 is 0 Å². The first-order chi connectivity index (χ1) is 9.72. The van der Waals surface area contributed by atoms with Gasteiger partial charge in [0.25, 0.3) is 0 Å². The van der Waals surface area contributed by atoms with Crippen LogP contribution in [-0.2, 0) is 12.2 Å². The van der Waals surface area contributed by atoms with Crippen LogP contribution in [0.3, 0.4) is 0 Å². The minimum atomic E-state index is 0.391. The zero-order valence-corrected chi connectivity index (χ0v) is 13.0. The van der Waals surface area contributed by atoms with Crippen LogP contribution >= 0.6 is 11.8 Å². The summed E-state index contributed by atoms with van der Waals surface area (Å²) in [6.07, 6.45) is 0.811. The molecule has 1 unspecified atom stereocenters. The molecular weight excluding hydrogens is 270 g/mol. The maximum atomic E-state index is 5.18. The molecule has 0 radical (unpaired) electrons. The molecule has 1 aromatic heterocycles. The van der Waals surface area contributed by atoms with Gasteiger partial charge in [0.2, 0.25) is 5.89 Å². The van der Waals surface area contributed by atoms with Gasteiger partial charge in [0.1, 0.15) is 0 Å². The van der Waals surface area contributed by atoms with Gasteiger partial charge in [0, 0.05) is 17.4 Å². The second-order valence-corrected chi connectivity index (χ2v) is 5.64. The average molecular weight is 291 g/mol. The monoisotopic (exact) mass is 291 g/mol. The van der Waals surface area contributed by atoms with Crippen molar-refractivity contribution < 1.29 is 4.52 Å². The second kappa shape index (κ2) is 7.45. The molecule has 0 saturated heterocycles. The third-order valence-electron chi connectivity index (χ3n) is 3.08. The first-order valence-corrected chi connectivity index (χ1v) is 7.99. The molecule has 1 aromatic carbocycles. The number of aryl methyl sites for hydroxylation is 1. The second-order valence-electron chi connectivity index (χ2n) is 4.59. The van der Waals surface area contributed by atoms with Crippen molar-refractivity contribution in [3.8, 4) is 0 Å². The molecule has 20 heavy (non-hydrogen) atoms. The van der Waals surface area contributed by atoms with Crippen LogP contribution in [0.1, 0.15) is 44.1 Å². The zero-order valence-electron chi connectivity index (χ0n) is 12.2. The van der Waals surface area contributed by atoms with E-state index in [-0.39, 0.29) is 0 Å². The van der Waals surface area contributed by atoms with Gasteiger partial charge in [-0.3, -0.25) is 0 Å². The fourth-order valence-corrected chi connectivity index (χ4v) is 2.65. The Bertz CT molecular complexity index is 524. The Morgan fingerprint density at radius 3 is 2.60 bits per heavy atom. The van der Waals surface area contributed by atoms with Gasteiger partial charge in [0.15, 0.2) is 5.82 Å². The summed E-state index contributed by atoms with van der Waals surface area (Å²) in [4.78, 5) is 5.52. The number of thioether (sulfide) groups is 1. The van der Waals surface area contributed by atoms with Gasteiger partial charge in [-0.2, -0.15) is 4.98 Å². The van der Waals surface area contributed by atoms with E-state index in [2.05, 4.69) is 53.6 Å².